The van der Waals surface area contributed by atoms with Crippen LogP contribution in [0.1, 0.15) is 26.2 Å². The third-order valence-electron chi connectivity index (χ3n) is 5.25. The van der Waals surface area contributed by atoms with Crippen molar-refractivity contribution in [3.63, 3.8) is 0 Å². The molecule has 0 atom stereocenters. The van der Waals surface area contributed by atoms with Crippen molar-refractivity contribution in [3.8, 4) is 0 Å². The molecule has 0 aliphatic carbocycles. The van der Waals surface area contributed by atoms with Crippen LogP contribution in [-0.4, -0.2) is 76.1 Å². The maximum absolute atomic E-state index is 14.0. The minimum absolute atomic E-state index is 0. The molecule has 6 nitrogen and oxygen atoms in total. The Morgan fingerprint density at radius 2 is 1.93 bits per heavy atom. The van der Waals surface area contributed by atoms with Crippen molar-refractivity contribution in [1.29, 1.82) is 0 Å². The Morgan fingerprint density at radius 1 is 1.20 bits per heavy atom. The normalized spacial score (nSPS) is 18.3. The highest BCUT2D eigenvalue weighted by atomic mass is 127. The number of rotatable bonds is 7. The zero-order chi connectivity index (χ0) is 20.5. The number of aliphatic imine (C=N–C) groups is 1. The van der Waals surface area contributed by atoms with Crippen LogP contribution in [0.25, 0.3) is 0 Å². The molecule has 1 aromatic carbocycles. The second kappa shape index (κ2) is 13.3. The monoisotopic (exact) mass is 538 g/mol. The van der Waals surface area contributed by atoms with Crippen molar-refractivity contribution in [2.75, 3.05) is 64.0 Å². The molecule has 0 radical (unpaired) electrons. The van der Waals surface area contributed by atoms with Crippen LogP contribution in [0, 0.1) is 11.6 Å². The number of guanidine groups is 1. The van der Waals surface area contributed by atoms with E-state index in [0.717, 1.165) is 51.0 Å². The van der Waals surface area contributed by atoms with Crippen LogP contribution in [0.5, 0.6) is 0 Å². The van der Waals surface area contributed by atoms with Crippen molar-refractivity contribution < 1.29 is 18.3 Å². The van der Waals surface area contributed by atoms with Crippen LogP contribution in [0.4, 0.5) is 14.5 Å². The minimum Gasteiger partial charge on any atom is -0.381 e. The lowest BCUT2D eigenvalue weighted by molar-refractivity contribution is -0.0318. The molecule has 2 aliphatic heterocycles. The average Bonchev–Trinajstić information content (AvgIpc) is 2.75. The van der Waals surface area contributed by atoms with Gasteiger partial charge in [0.15, 0.2) is 5.96 Å². The van der Waals surface area contributed by atoms with Gasteiger partial charge in [-0.25, -0.2) is 8.78 Å². The molecule has 2 fully saturated rings. The van der Waals surface area contributed by atoms with E-state index in [1.165, 1.54) is 12.1 Å². The van der Waals surface area contributed by atoms with Crippen LogP contribution in [0.2, 0.25) is 0 Å². The van der Waals surface area contributed by atoms with Crippen molar-refractivity contribution in [2.24, 2.45) is 4.99 Å². The maximum Gasteiger partial charge on any atom is 0.194 e. The molecule has 3 rings (SSSR count). The summed E-state index contributed by atoms with van der Waals surface area (Å²) >= 11 is 0. The fourth-order valence-corrected chi connectivity index (χ4v) is 3.66. The first kappa shape index (κ1) is 25.1. The molecule has 0 bridgehead atoms. The van der Waals surface area contributed by atoms with Gasteiger partial charge in [-0.3, -0.25) is 4.99 Å². The number of anilines is 1. The predicted molar refractivity (Wildman–Crippen MR) is 126 cm³/mol. The summed E-state index contributed by atoms with van der Waals surface area (Å²) in [4.78, 5) is 8.79. The van der Waals surface area contributed by atoms with Crippen molar-refractivity contribution >= 4 is 35.6 Å². The lowest BCUT2D eigenvalue weighted by Crippen LogP contribution is -2.52. The molecule has 2 aliphatic rings. The molecule has 2 saturated heterocycles. The topological polar surface area (TPSA) is 49.3 Å². The maximum atomic E-state index is 14.0. The highest BCUT2D eigenvalue weighted by Gasteiger charge is 2.22. The Morgan fingerprint density at radius 3 is 2.63 bits per heavy atom. The van der Waals surface area contributed by atoms with Gasteiger partial charge in [0.05, 0.1) is 11.8 Å². The summed E-state index contributed by atoms with van der Waals surface area (Å²) in [5.41, 5.74) is 0.330. The average molecular weight is 538 g/mol. The van der Waals surface area contributed by atoms with E-state index < -0.39 is 5.82 Å². The van der Waals surface area contributed by atoms with E-state index in [1.807, 2.05) is 11.8 Å². The van der Waals surface area contributed by atoms with E-state index in [9.17, 15) is 8.78 Å². The zero-order valence-electron chi connectivity index (χ0n) is 17.6. The molecule has 30 heavy (non-hydrogen) atoms. The first-order valence-electron chi connectivity index (χ1n) is 10.6. The summed E-state index contributed by atoms with van der Waals surface area (Å²) in [5.74, 6) is 0.0737. The number of benzene rings is 1. The van der Waals surface area contributed by atoms with Crippen molar-refractivity contribution in [3.05, 3.63) is 29.8 Å². The highest BCUT2D eigenvalue weighted by Crippen LogP contribution is 2.22. The van der Waals surface area contributed by atoms with Gasteiger partial charge in [0.2, 0.25) is 0 Å². The number of nitrogens with zero attached hydrogens (tertiary/aromatic N) is 3. The number of halogens is 3. The molecule has 0 saturated carbocycles. The fourth-order valence-electron chi connectivity index (χ4n) is 3.66. The summed E-state index contributed by atoms with van der Waals surface area (Å²) < 4.78 is 38.7. The second-order valence-electron chi connectivity index (χ2n) is 7.34. The summed E-state index contributed by atoms with van der Waals surface area (Å²) in [5, 5.41) is 3.33. The van der Waals surface area contributed by atoms with Gasteiger partial charge in [-0.2, -0.15) is 0 Å². The van der Waals surface area contributed by atoms with Crippen LogP contribution in [-0.2, 0) is 9.47 Å². The molecule has 0 amide bonds. The second-order valence-corrected chi connectivity index (χ2v) is 7.34. The van der Waals surface area contributed by atoms with Gasteiger partial charge in [-0.15, -0.1) is 24.0 Å². The highest BCUT2D eigenvalue weighted by molar-refractivity contribution is 14.0. The summed E-state index contributed by atoms with van der Waals surface area (Å²) in [6.07, 6.45) is 3.14. The molecule has 9 heteroatoms. The van der Waals surface area contributed by atoms with E-state index in [2.05, 4.69) is 10.2 Å². The molecule has 1 aromatic rings. The number of piperazine rings is 1. The van der Waals surface area contributed by atoms with Gasteiger partial charge in [0.25, 0.3) is 0 Å². The Bertz CT molecular complexity index is 666. The standard InChI is InChI=1S/C21H32F2N4O2.HI/c1-2-24-21(25-8-3-13-29-18-6-14-28-15-7-18)27-11-9-26(10-12-27)20-16-17(22)4-5-19(20)23;/h4-5,16,18H,2-3,6-15H2,1H3,(H,24,25);1H. The van der Waals surface area contributed by atoms with Gasteiger partial charge >= 0.3 is 0 Å². The first-order valence-corrected chi connectivity index (χ1v) is 10.6. The molecule has 170 valence electrons. The molecular weight excluding hydrogens is 505 g/mol. The largest absolute Gasteiger partial charge is 0.381 e. The van der Waals surface area contributed by atoms with E-state index >= 15 is 0 Å². The molecule has 1 N–H and O–H groups in total. The first-order chi connectivity index (χ1) is 14.2. The van der Waals surface area contributed by atoms with E-state index in [4.69, 9.17) is 14.5 Å². The van der Waals surface area contributed by atoms with Crippen molar-refractivity contribution in [2.45, 2.75) is 32.3 Å². The fraction of sp³-hybridized carbons (Fsp3) is 0.667. The van der Waals surface area contributed by atoms with Gasteiger partial charge in [-0.05, 0) is 38.3 Å². The number of hydrogen-bond acceptors (Lipinski definition) is 4. The Balaban J connectivity index is 0.00000320. The lowest BCUT2D eigenvalue weighted by Gasteiger charge is -2.37. The molecule has 2 heterocycles. The van der Waals surface area contributed by atoms with Crippen LogP contribution in [0.15, 0.2) is 23.2 Å². The Hall–Kier alpha value is -1.20. The Labute approximate surface area is 195 Å². The van der Waals surface area contributed by atoms with Gasteiger partial charge in [0.1, 0.15) is 11.6 Å². The minimum atomic E-state index is -0.415. The number of ether oxygens (including phenoxy) is 2. The SMILES string of the molecule is CCNC(=NCCCOC1CCOCC1)N1CCN(c2cc(F)ccc2F)CC1.I. The summed E-state index contributed by atoms with van der Waals surface area (Å²) in [7, 11) is 0. The van der Waals surface area contributed by atoms with E-state index in [0.29, 0.717) is 51.1 Å². The van der Waals surface area contributed by atoms with Crippen LogP contribution < -0.4 is 10.2 Å². The van der Waals surface area contributed by atoms with Gasteiger partial charge in [0, 0.05) is 65.2 Å². The van der Waals surface area contributed by atoms with E-state index in [1.54, 1.807) is 0 Å². The third-order valence-corrected chi connectivity index (χ3v) is 5.25. The lowest BCUT2D eigenvalue weighted by atomic mass is 10.1. The number of hydrogen-bond donors (Lipinski definition) is 1. The van der Waals surface area contributed by atoms with Crippen LogP contribution >= 0.6 is 24.0 Å². The van der Waals surface area contributed by atoms with E-state index in [-0.39, 0.29) is 29.8 Å². The smallest absolute Gasteiger partial charge is 0.194 e. The number of nitrogens with one attached hydrogen (secondary N) is 1. The Kier molecular flexibility index (Phi) is 11.1. The molecule has 0 aromatic heterocycles. The zero-order valence-corrected chi connectivity index (χ0v) is 19.9. The third kappa shape index (κ3) is 7.49. The quantitative estimate of drug-likeness (QED) is 0.250. The predicted octanol–water partition coefficient (Wildman–Crippen LogP) is 3.26. The summed E-state index contributed by atoms with van der Waals surface area (Å²) in [6.45, 7) is 8.48. The molecule has 0 spiro atoms. The van der Waals surface area contributed by atoms with Crippen LogP contribution in [0.3, 0.4) is 0 Å². The van der Waals surface area contributed by atoms with Crippen molar-refractivity contribution in [1.82, 2.24) is 10.2 Å². The van der Waals surface area contributed by atoms with Gasteiger partial charge in [-0.1, -0.05) is 0 Å². The molecule has 0 unspecified atom stereocenters. The van der Waals surface area contributed by atoms with Gasteiger partial charge < -0.3 is 24.6 Å². The molecular formula is C21H33F2IN4O2. The summed E-state index contributed by atoms with van der Waals surface area (Å²) in [6, 6.07) is 3.60.